The molecule has 1 N–H and O–H groups in total. The number of carbonyl (C=O) groups is 1. The molecule has 2 atom stereocenters. The maximum atomic E-state index is 11.1. The summed E-state index contributed by atoms with van der Waals surface area (Å²) in [4.78, 5) is 13.2. The van der Waals surface area contributed by atoms with Crippen molar-refractivity contribution >= 4 is 11.7 Å². The Morgan fingerprint density at radius 2 is 1.92 bits per heavy atom. The number of rotatable bonds is 6. The van der Waals surface area contributed by atoms with Crippen LogP contribution in [0.15, 0.2) is 48.5 Å². The van der Waals surface area contributed by atoms with E-state index in [-0.39, 0.29) is 18.6 Å². The predicted octanol–water partition coefficient (Wildman–Crippen LogP) is 3.86. The summed E-state index contributed by atoms with van der Waals surface area (Å²) < 4.78 is 11.4. The van der Waals surface area contributed by atoms with E-state index in [1.54, 1.807) is 7.11 Å². The maximum Gasteiger partial charge on any atom is 0.305 e. The summed E-state index contributed by atoms with van der Waals surface area (Å²) in [6.45, 7) is 2.71. The van der Waals surface area contributed by atoms with Crippen molar-refractivity contribution in [1.82, 2.24) is 0 Å². The van der Waals surface area contributed by atoms with Crippen LogP contribution in [0.25, 0.3) is 0 Å². The molecule has 132 valence electrons. The highest BCUT2D eigenvalue weighted by Crippen LogP contribution is 2.31. The van der Waals surface area contributed by atoms with E-state index in [2.05, 4.69) is 4.90 Å². The van der Waals surface area contributed by atoms with Gasteiger partial charge in [0, 0.05) is 25.4 Å². The molecule has 1 saturated heterocycles. The summed E-state index contributed by atoms with van der Waals surface area (Å²) in [5, 5.41) is 9.14. The smallest absolute Gasteiger partial charge is 0.305 e. The zero-order chi connectivity index (χ0) is 17.8. The summed E-state index contributed by atoms with van der Waals surface area (Å²) in [5.74, 6) is 0.807. The first-order chi connectivity index (χ1) is 12.1. The van der Waals surface area contributed by atoms with Gasteiger partial charge in [-0.1, -0.05) is 18.2 Å². The standard InChI is InChI=1S/C20H23NO4/c1-14-5-3-4-6-19(14)25-17-9-7-15(8-10-17)21-13-18(24-2)11-16(21)12-20(22)23/h3-10,16,18H,11-13H2,1-2H3,(H,22,23). The van der Waals surface area contributed by atoms with Crippen LogP contribution in [0.5, 0.6) is 11.5 Å². The molecule has 5 heteroatoms. The Kier molecular flexibility index (Phi) is 5.24. The number of anilines is 1. The number of aryl methyl sites for hydroxylation is 1. The third-order valence-electron chi connectivity index (χ3n) is 4.61. The van der Waals surface area contributed by atoms with Crippen molar-refractivity contribution in [2.75, 3.05) is 18.6 Å². The summed E-state index contributed by atoms with van der Waals surface area (Å²) in [5.41, 5.74) is 2.07. The second-order valence-electron chi connectivity index (χ2n) is 6.36. The average Bonchev–Trinajstić information content (AvgIpc) is 3.00. The van der Waals surface area contributed by atoms with Gasteiger partial charge in [-0.25, -0.2) is 0 Å². The van der Waals surface area contributed by atoms with Gasteiger partial charge in [0.1, 0.15) is 11.5 Å². The van der Waals surface area contributed by atoms with Crippen LogP contribution in [0, 0.1) is 6.92 Å². The van der Waals surface area contributed by atoms with Gasteiger partial charge in [0.05, 0.1) is 12.5 Å². The molecular formula is C20H23NO4. The molecule has 0 radical (unpaired) electrons. The number of carboxylic acids is 1. The van der Waals surface area contributed by atoms with Crippen LogP contribution in [-0.4, -0.2) is 36.9 Å². The molecule has 0 saturated carbocycles. The second kappa shape index (κ2) is 7.57. The molecule has 3 rings (SSSR count). The molecule has 5 nitrogen and oxygen atoms in total. The van der Waals surface area contributed by atoms with E-state index in [0.717, 1.165) is 29.2 Å². The summed E-state index contributed by atoms with van der Waals surface area (Å²) in [6.07, 6.45) is 0.901. The van der Waals surface area contributed by atoms with Crippen molar-refractivity contribution < 1.29 is 19.4 Å². The van der Waals surface area contributed by atoms with Gasteiger partial charge in [0.2, 0.25) is 0 Å². The highest BCUT2D eigenvalue weighted by atomic mass is 16.5. The molecule has 1 heterocycles. The van der Waals surface area contributed by atoms with Crippen molar-refractivity contribution in [3.8, 4) is 11.5 Å². The van der Waals surface area contributed by atoms with Gasteiger partial charge in [-0.15, -0.1) is 0 Å². The zero-order valence-corrected chi connectivity index (χ0v) is 14.5. The van der Waals surface area contributed by atoms with Gasteiger partial charge in [-0.3, -0.25) is 4.79 Å². The van der Waals surface area contributed by atoms with Crippen LogP contribution in [0.2, 0.25) is 0 Å². The third-order valence-corrected chi connectivity index (χ3v) is 4.61. The van der Waals surface area contributed by atoms with Crippen LogP contribution in [0.4, 0.5) is 5.69 Å². The highest BCUT2D eigenvalue weighted by Gasteiger charge is 2.33. The molecule has 1 aliphatic rings. The number of ether oxygens (including phenoxy) is 2. The first-order valence-electron chi connectivity index (χ1n) is 8.41. The predicted molar refractivity (Wildman–Crippen MR) is 96.5 cm³/mol. The minimum absolute atomic E-state index is 0.0504. The Bertz CT molecular complexity index is 729. The van der Waals surface area contributed by atoms with E-state index < -0.39 is 5.97 Å². The molecule has 0 amide bonds. The Morgan fingerprint density at radius 3 is 2.56 bits per heavy atom. The Morgan fingerprint density at radius 1 is 1.20 bits per heavy atom. The molecular weight excluding hydrogens is 318 g/mol. The Balaban J connectivity index is 1.74. The zero-order valence-electron chi connectivity index (χ0n) is 14.5. The van der Waals surface area contributed by atoms with Crippen molar-refractivity contribution in [3.05, 3.63) is 54.1 Å². The monoisotopic (exact) mass is 341 g/mol. The number of hydrogen-bond acceptors (Lipinski definition) is 4. The van der Waals surface area contributed by atoms with Crippen molar-refractivity contribution in [2.24, 2.45) is 0 Å². The average molecular weight is 341 g/mol. The summed E-state index contributed by atoms with van der Waals surface area (Å²) in [7, 11) is 1.67. The molecule has 2 aromatic rings. The molecule has 0 bridgehead atoms. The van der Waals surface area contributed by atoms with E-state index in [1.807, 2.05) is 55.5 Å². The normalized spacial score (nSPS) is 19.8. The fourth-order valence-electron chi connectivity index (χ4n) is 3.26. The lowest BCUT2D eigenvalue weighted by Crippen LogP contribution is -2.31. The topological polar surface area (TPSA) is 59.0 Å². The number of hydrogen-bond donors (Lipinski definition) is 1. The molecule has 0 spiro atoms. The number of carboxylic acid groups (broad SMARTS) is 1. The Hall–Kier alpha value is -2.53. The number of benzene rings is 2. The fourth-order valence-corrected chi connectivity index (χ4v) is 3.26. The quantitative estimate of drug-likeness (QED) is 0.865. The van der Waals surface area contributed by atoms with Crippen LogP contribution in [-0.2, 0) is 9.53 Å². The minimum atomic E-state index is -0.786. The number of aliphatic carboxylic acids is 1. The van der Waals surface area contributed by atoms with Crippen molar-refractivity contribution in [2.45, 2.75) is 31.9 Å². The lowest BCUT2D eigenvalue weighted by molar-refractivity contribution is -0.137. The molecule has 0 aromatic heterocycles. The fraction of sp³-hybridized carbons (Fsp3) is 0.350. The van der Waals surface area contributed by atoms with Crippen LogP contribution < -0.4 is 9.64 Å². The largest absolute Gasteiger partial charge is 0.481 e. The number of nitrogens with zero attached hydrogens (tertiary/aromatic N) is 1. The van der Waals surface area contributed by atoms with Gasteiger partial charge in [0.15, 0.2) is 0 Å². The van der Waals surface area contributed by atoms with Crippen molar-refractivity contribution in [3.63, 3.8) is 0 Å². The first kappa shape index (κ1) is 17.3. The van der Waals surface area contributed by atoms with E-state index in [9.17, 15) is 4.79 Å². The molecule has 1 aliphatic heterocycles. The first-order valence-corrected chi connectivity index (χ1v) is 8.41. The van der Waals surface area contributed by atoms with Crippen LogP contribution in [0.3, 0.4) is 0 Å². The summed E-state index contributed by atoms with van der Waals surface area (Å²) in [6, 6.07) is 15.6. The SMILES string of the molecule is COC1CC(CC(=O)O)N(c2ccc(Oc3ccccc3C)cc2)C1. The van der Waals surface area contributed by atoms with E-state index in [4.69, 9.17) is 14.6 Å². The van der Waals surface area contributed by atoms with Gasteiger partial charge in [-0.05, 0) is 49.2 Å². The molecule has 25 heavy (non-hydrogen) atoms. The van der Waals surface area contributed by atoms with Crippen LogP contribution in [0.1, 0.15) is 18.4 Å². The van der Waals surface area contributed by atoms with Gasteiger partial charge >= 0.3 is 5.97 Å². The van der Waals surface area contributed by atoms with E-state index in [0.29, 0.717) is 6.54 Å². The summed E-state index contributed by atoms with van der Waals surface area (Å²) >= 11 is 0. The van der Waals surface area contributed by atoms with Gasteiger partial charge in [0.25, 0.3) is 0 Å². The van der Waals surface area contributed by atoms with E-state index in [1.165, 1.54) is 0 Å². The lowest BCUT2D eigenvalue weighted by Gasteiger charge is -2.25. The Labute approximate surface area is 147 Å². The number of methoxy groups -OCH3 is 1. The lowest BCUT2D eigenvalue weighted by atomic mass is 10.1. The second-order valence-corrected chi connectivity index (χ2v) is 6.36. The highest BCUT2D eigenvalue weighted by molar-refractivity contribution is 5.69. The molecule has 2 unspecified atom stereocenters. The number of para-hydroxylation sites is 1. The molecule has 2 aromatic carbocycles. The minimum Gasteiger partial charge on any atom is -0.481 e. The van der Waals surface area contributed by atoms with Gasteiger partial charge < -0.3 is 19.5 Å². The van der Waals surface area contributed by atoms with E-state index >= 15 is 0 Å². The maximum absolute atomic E-state index is 11.1. The van der Waals surface area contributed by atoms with Gasteiger partial charge in [-0.2, -0.15) is 0 Å². The van der Waals surface area contributed by atoms with Crippen molar-refractivity contribution in [1.29, 1.82) is 0 Å². The third kappa shape index (κ3) is 4.12. The molecule has 1 fully saturated rings. The molecule has 0 aliphatic carbocycles. The van der Waals surface area contributed by atoms with Crippen LogP contribution >= 0.6 is 0 Å².